The molecule has 0 spiro atoms. The van der Waals surface area contributed by atoms with Gasteiger partial charge in [0.1, 0.15) is 0 Å². The van der Waals surface area contributed by atoms with Gasteiger partial charge in [0.05, 0.1) is 5.69 Å². The normalized spacial score (nSPS) is 11.5. The quantitative estimate of drug-likeness (QED) is 0.287. The van der Waals surface area contributed by atoms with Crippen molar-refractivity contribution in [3.8, 4) is 0 Å². The zero-order valence-corrected chi connectivity index (χ0v) is 10.4. The van der Waals surface area contributed by atoms with Crippen molar-refractivity contribution < 1.29 is 0 Å². The SMILES string of the molecule is CCCCCCCC(N=O)=Nc1ccccc1. The summed E-state index contributed by atoms with van der Waals surface area (Å²) in [5.41, 5.74) is 0.802. The molecule has 92 valence electrons. The fourth-order valence-electron chi connectivity index (χ4n) is 1.66. The first kappa shape index (κ1) is 13.6. The summed E-state index contributed by atoms with van der Waals surface area (Å²) >= 11 is 0. The molecule has 0 N–H and O–H groups in total. The van der Waals surface area contributed by atoms with Gasteiger partial charge < -0.3 is 0 Å². The van der Waals surface area contributed by atoms with E-state index < -0.39 is 0 Å². The molecule has 0 amide bonds. The molecule has 0 unspecified atom stereocenters. The van der Waals surface area contributed by atoms with E-state index in [1.54, 1.807) is 0 Å². The van der Waals surface area contributed by atoms with Crippen molar-refractivity contribution in [3.63, 3.8) is 0 Å². The molecule has 17 heavy (non-hydrogen) atoms. The van der Waals surface area contributed by atoms with E-state index in [0.29, 0.717) is 12.3 Å². The van der Waals surface area contributed by atoms with Crippen molar-refractivity contribution in [3.05, 3.63) is 35.2 Å². The molecule has 0 fully saturated rings. The smallest absolute Gasteiger partial charge is 0.173 e. The van der Waals surface area contributed by atoms with E-state index in [4.69, 9.17) is 0 Å². The highest BCUT2D eigenvalue weighted by molar-refractivity contribution is 5.85. The van der Waals surface area contributed by atoms with Gasteiger partial charge >= 0.3 is 0 Å². The molecule has 0 heterocycles. The Labute approximate surface area is 103 Å². The lowest BCUT2D eigenvalue weighted by Gasteiger charge is -1.99. The van der Waals surface area contributed by atoms with Gasteiger partial charge in [-0.15, -0.1) is 4.91 Å². The molecule has 0 saturated carbocycles. The Morgan fingerprint density at radius 1 is 1.06 bits per heavy atom. The van der Waals surface area contributed by atoms with Crippen LogP contribution in [0, 0.1) is 4.91 Å². The molecular weight excluding hydrogens is 212 g/mol. The number of rotatable bonds is 7. The second-order valence-electron chi connectivity index (χ2n) is 4.12. The molecule has 0 aromatic heterocycles. The predicted molar refractivity (Wildman–Crippen MR) is 72.7 cm³/mol. The maximum Gasteiger partial charge on any atom is 0.173 e. The molecule has 3 nitrogen and oxygen atoms in total. The topological polar surface area (TPSA) is 41.8 Å². The van der Waals surface area contributed by atoms with Gasteiger partial charge in [-0.3, -0.25) is 0 Å². The number of unbranched alkanes of at least 4 members (excludes halogenated alkanes) is 4. The first-order valence-corrected chi connectivity index (χ1v) is 6.32. The highest BCUT2D eigenvalue weighted by Crippen LogP contribution is 2.13. The number of hydrogen-bond donors (Lipinski definition) is 0. The summed E-state index contributed by atoms with van der Waals surface area (Å²) in [6.45, 7) is 2.19. The largest absolute Gasteiger partial charge is 0.230 e. The van der Waals surface area contributed by atoms with Crippen molar-refractivity contribution in [2.24, 2.45) is 10.2 Å². The van der Waals surface area contributed by atoms with E-state index >= 15 is 0 Å². The van der Waals surface area contributed by atoms with Crippen molar-refractivity contribution in [2.75, 3.05) is 0 Å². The summed E-state index contributed by atoms with van der Waals surface area (Å²) in [5, 5.41) is 3.00. The van der Waals surface area contributed by atoms with E-state index in [1.165, 1.54) is 19.3 Å². The van der Waals surface area contributed by atoms with E-state index in [1.807, 2.05) is 30.3 Å². The van der Waals surface area contributed by atoms with Crippen molar-refractivity contribution in [1.82, 2.24) is 0 Å². The fraction of sp³-hybridized carbons (Fsp3) is 0.500. The molecule has 0 atom stereocenters. The average Bonchev–Trinajstić information content (AvgIpc) is 2.38. The van der Waals surface area contributed by atoms with Crippen LogP contribution in [0.5, 0.6) is 0 Å². The molecule has 0 aliphatic rings. The van der Waals surface area contributed by atoms with Gasteiger partial charge in [0, 0.05) is 6.42 Å². The van der Waals surface area contributed by atoms with Crippen LogP contribution in [0.2, 0.25) is 0 Å². The second kappa shape index (κ2) is 8.62. The van der Waals surface area contributed by atoms with Crippen LogP contribution in [-0.4, -0.2) is 5.84 Å². The number of amidine groups is 1. The predicted octanol–water partition coefficient (Wildman–Crippen LogP) is 4.84. The lowest BCUT2D eigenvalue weighted by molar-refractivity contribution is 0.642. The lowest BCUT2D eigenvalue weighted by atomic mass is 10.1. The second-order valence-corrected chi connectivity index (χ2v) is 4.12. The molecule has 0 saturated heterocycles. The van der Waals surface area contributed by atoms with E-state index in [9.17, 15) is 4.91 Å². The van der Waals surface area contributed by atoms with Crippen LogP contribution in [0.3, 0.4) is 0 Å². The monoisotopic (exact) mass is 232 g/mol. The Morgan fingerprint density at radius 2 is 1.76 bits per heavy atom. The highest BCUT2D eigenvalue weighted by Gasteiger charge is 1.99. The summed E-state index contributed by atoms with van der Waals surface area (Å²) in [6.07, 6.45) is 6.56. The van der Waals surface area contributed by atoms with Crippen LogP contribution in [-0.2, 0) is 0 Å². The molecular formula is C14H20N2O. The number of nitroso groups, excluding NO2 is 1. The number of benzene rings is 1. The van der Waals surface area contributed by atoms with Gasteiger partial charge in [0.15, 0.2) is 5.84 Å². The number of hydrogen-bond acceptors (Lipinski definition) is 2. The minimum absolute atomic E-state index is 0.410. The van der Waals surface area contributed by atoms with Crippen LogP contribution in [0.4, 0.5) is 5.69 Å². The van der Waals surface area contributed by atoms with E-state index in [-0.39, 0.29) is 0 Å². The molecule has 3 heteroatoms. The van der Waals surface area contributed by atoms with Crippen LogP contribution in [0.25, 0.3) is 0 Å². The molecule has 0 aliphatic heterocycles. The van der Waals surface area contributed by atoms with E-state index in [2.05, 4.69) is 17.1 Å². The Bertz CT molecular complexity index is 346. The molecule has 1 rings (SSSR count). The van der Waals surface area contributed by atoms with Crippen molar-refractivity contribution in [1.29, 1.82) is 0 Å². The summed E-state index contributed by atoms with van der Waals surface area (Å²) in [6, 6.07) is 9.49. The minimum atomic E-state index is 0.410. The zero-order chi connectivity index (χ0) is 12.3. The third-order valence-corrected chi connectivity index (χ3v) is 2.62. The van der Waals surface area contributed by atoms with Crippen molar-refractivity contribution >= 4 is 11.5 Å². The standard InChI is InChI=1S/C14H20N2O/c1-2-3-4-5-9-12-14(16-17)15-13-10-7-6-8-11-13/h6-8,10-11H,2-5,9,12H2,1H3. The molecule has 0 aliphatic carbocycles. The Morgan fingerprint density at radius 3 is 2.41 bits per heavy atom. The summed E-state index contributed by atoms with van der Waals surface area (Å²) in [4.78, 5) is 14.9. The third-order valence-electron chi connectivity index (χ3n) is 2.62. The molecule has 0 bridgehead atoms. The first-order chi connectivity index (χ1) is 8.36. The summed E-state index contributed by atoms with van der Waals surface area (Å²) in [7, 11) is 0. The van der Waals surface area contributed by atoms with E-state index in [0.717, 1.165) is 18.5 Å². The summed E-state index contributed by atoms with van der Waals surface area (Å²) in [5.74, 6) is 0.410. The Hall–Kier alpha value is -1.51. The average molecular weight is 232 g/mol. The van der Waals surface area contributed by atoms with Gasteiger partial charge in [-0.05, 0) is 23.7 Å². The zero-order valence-electron chi connectivity index (χ0n) is 10.4. The van der Waals surface area contributed by atoms with Crippen LogP contribution < -0.4 is 0 Å². The maximum absolute atomic E-state index is 10.6. The van der Waals surface area contributed by atoms with Gasteiger partial charge in [0.25, 0.3) is 0 Å². The number of aliphatic imine (C=N–C) groups is 1. The lowest BCUT2D eigenvalue weighted by Crippen LogP contribution is -1.92. The third kappa shape index (κ3) is 5.95. The first-order valence-electron chi connectivity index (χ1n) is 6.32. The number of nitrogens with zero attached hydrogens (tertiary/aromatic N) is 2. The molecule has 1 aromatic carbocycles. The van der Waals surface area contributed by atoms with Crippen LogP contribution in [0.15, 0.2) is 40.5 Å². The van der Waals surface area contributed by atoms with Gasteiger partial charge in [-0.2, -0.15) is 0 Å². The van der Waals surface area contributed by atoms with Gasteiger partial charge in [0.2, 0.25) is 0 Å². The van der Waals surface area contributed by atoms with Crippen LogP contribution in [0.1, 0.15) is 45.4 Å². The molecule has 1 aromatic rings. The van der Waals surface area contributed by atoms with Gasteiger partial charge in [-0.25, -0.2) is 4.99 Å². The minimum Gasteiger partial charge on any atom is -0.230 e. The van der Waals surface area contributed by atoms with Gasteiger partial charge in [-0.1, -0.05) is 50.8 Å². The Balaban J connectivity index is 2.38. The summed E-state index contributed by atoms with van der Waals surface area (Å²) < 4.78 is 0. The van der Waals surface area contributed by atoms with Crippen molar-refractivity contribution in [2.45, 2.75) is 45.4 Å². The Kier molecular flexibility index (Phi) is 6.87. The maximum atomic E-state index is 10.6. The fourth-order valence-corrected chi connectivity index (χ4v) is 1.66. The highest BCUT2D eigenvalue weighted by atomic mass is 16.3. The molecule has 0 radical (unpaired) electrons. The number of para-hydroxylation sites is 1. The van der Waals surface area contributed by atoms with Crippen LogP contribution >= 0.6 is 0 Å².